The Morgan fingerprint density at radius 2 is 1.64 bits per heavy atom. The van der Waals surface area contributed by atoms with Gasteiger partial charge in [-0.1, -0.05) is 24.0 Å². The molecule has 0 aliphatic carbocycles. The number of rotatable bonds is 4. The van der Waals surface area contributed by atoms with Gasteiger partial charge in [0.05, 0.1) is 5.25 Å². The van der Waals surface area contributed by atoms with Gasteiger partial charge >= 0.3 is 0 Å². The molecule has 2 aliphatic rings. The first-order valence-corrected chi connectivity index (χ1v) is 10.5. The van der Waals surface area contributed by atoms with E-state index in [-0.39, 0.29) is 11.2 Å². The Morgan fingerprint density at radius 3 is 2.28 bits per heavy atom. The van der Waals surface area contributed by atoms with Gasteiger partial charge in [0.15, 0.2) is 0 Å². The molecule has 0 aromatic heterocycles. The van der Waals surface area contributed by atoms with Crippen molar-refractivity contribution in [3.63, 3.8) is 0 Å². The molecule has 136 valence electrons. The van der Waals surface area contributed by atoms with Crippen molar-refractivity contribution in [2.24, 2.45) is 0 Å². The fourth-order valence-corrected chi connectivity index (χ4v) is 4.75. The van der Waals surface area contributed by atoms with E-state index in [2.05, 4.69) is 27.2 Å². The number of thioether (sulfide) groups is 1. The van der Waals surface area contributed by atoms with Crippen molar-refractivity contribution in [2.45, 2.75) is 44.3 Å². The number of benzene rings is 1. The lowest BCUT2D eigenvalue weighted by atomic mass is 10.1. The largest absolute Gasteiger partial charge is 0.372 e. The van der Waals surface area contributed by atoms with Crippen LogP contribution in [0.2, 0.25) is 0 Å². The van der Waals surface area contributed by atoms with Crippen molar-refractivity contribution in [3.8, 4) is 0 Å². The molecular formula is C19H27N3OS2. The zero-order valence-electron chi connectivity index (χ0n) is 14.9. The summed E-state index contributed by atoms with van der Waals surface area (Å²) in [7, 11) is 0. The number of thiocarbonyl (C=S) groups is 1. The first kappa shape index (κ1) is 18.5. The van der Waals surface area contributed by atoms with Crippen LogP contribution in [-0.2, 0) is 4.79 Å². The van der Waals surface area contributed by atoms with Crippen LogP contribution in [0, 0.1) is 0 Å². The molecule has 1 aromatic carbocycles. The summed E-state index contributed by atoms with van der Waals surface area (Å²) < 4.78 is 0.848. The minimum absolute atomic E-state index is 0.0114. The predicted octanol–water partition coefficient (Wildman–Crippen LogP) is 4.12. The summed E-state index contributed by atoms with van der Waals surface area (Å²) in [6.07, 6.45) is 6.27. The van der Waals surface area contributed by atoms with Crippen molar-refractivity contribution in [3.05, 3.63) is 24.3 Å². The van der Waals surface area contributed by atoms with Crippen LogP contribution in [0.5, 0.6) is 0 Å². The van der Waals surface area contributed by atoms with Crippen LogP contribution < -0.4 is 10.2 Å². The number of carbonyl (C=O) groups excluding carboxylic acids is 1. The Balaban J connectivity index is 1.50. The molecular weight excluding hydrogens is 350 g/mol. The molecule has 25 heavy (non-hydrogen) atoms. The Labute approximate surface area is 160 Å². The number of likely N-dealkylation sites (tertiary alicyclic amines) is 1. The van der Waals surface area contributed by atoms with Gasteiger partial charge in [0.2, 0.25) is 5.91 Å². The van der Waals surface area contributed by atoms with E-state index in [1.54, 1.807) is 0 Å². The van der Waals surface area contributed by atoms with Gasteiger partial charge in [-0.3, -0.25) is 4.79 Å². The second-order valence-electron chi connectivity index (χ2n) is 6.80. The molecule has 2 fully saturated rings. The fourth-order valence-electron chi connectivity index (χ4n) is 3.33. The molecule has 4 nitrogen and oxygen atoms in total. The van der Waals surface area contributed by atoms with E-state index in [0.717, 1.165) is 36.2 Å². The molecule has 1 atom stereocenters. The molecule has 0 spiro atoms. The lowest BCUT2D eigenvalue weighted by molar-refractivity contribution is -0.115. The minimum Gasteiger partial charge on any atom is -0.372 e. The Bertz CT molecular complexity index is 593. The molecule has 1 N–H and O–H groups in total. The Kier molecular flexibility index (Phi) is 6.59. The van der Waals surface area contributed by atoms with Crippen LogP contribution in [-0.4, -0.2) is 46.6 Å². The van der Waals surface area contributed by atoms with Gasteiger partial charge in [-0.15, -0.1) is 0 Å². The van der Waals surface area contributed by atoms with E-state index in [4.69, 9.17) is 12.2 Å². The smallest absolute Gasteiger partial charge is 0.237 e. The van der Waals surface area contributed by atoms with Gasteiger partial charge in [0.1, 0.15) is 4.32 Å². The fraction of sp³-hybridized carbons (Fsp3) is 0.579. The number of nitrogens with zero attached hydrogens (tertiary/aromatic N) is 2. The third kappa shape index (κ3) is 5.11. The van der Waals surface area contributed by atoms with Crippen LogP contribution in [0.4, 0.5) is 11.4 Å². The van der Waals surface area contributed by atoms with Crippen molar-refractivity contribution in [1.29, 1.82) is 0 Å². The van der Waals surface area contributed by atoms with Gasteiger partial charge in [-0.2, -0.15) is 0 Å². The van der Waals surface area contributed by atoms with E-state index in [9.17, 15) is 4.79 Å². The quantitative estimate of drug-likeness (QED) is 0.799. The van der Waals surface area contributed by atoms with Crippen LogP contribution in [0.1, 0.15) is 39.0 Å². The standard InChI is InChI=1S/C19H27N3OS2/c1-15(25-19(24)22-13-5-6-14-22)18(23)20-16-7-9-17(10-8-16)21-11-3-2-4-12-21/h7-10,15H,2-6,11-14H2,1H3,(H,20,23). The maximum absolute atomic E-state index is 12.4. The number of piperidine rings is 1. The molecule has 0 saturated carbocycles. The normalized spacial score (nSPS) is 18.9. The lowest BCUT2D eigenvalue weighted by Gasteiger charge is -2.28. The SMILES string of the molecule is CC(SC(=S)N1CCCC1)C(=O)Nc1ccc(N2CCCCC2)cc1. The number of carbonyl (C=O) groups is 1. The van der Waals surface area contributed by atoms with Crippen molar-refractivity contribution < 1.29 is 4.79 Å². The second-order valence-corrected chi connectivity index (χ2v) is 8.78. The highest BCUT2D eigenvalue weighted by Gasteiger charge is 2.21. The average molecular weight is 378 g/mol. The summed E-state index contributed by atoms with van der Waals surface area (Å²) in [4.78, 5) is 17.1. The van der Waals surface area contributed by atoms with Crippen LogP contribution in [0.15, 0.2) is 24.3 Å². The monoisotopic (exact) mass is 377 g/mol. The second kappa shape index (κ2) is 8.90. The zero-order chi connectivity index (χ0) is 17.6. The van der Waals surface area contributed by atoms with Gasteiger partial charge in [0, 0.05) is 37.6 Å². The van der Waals surface area contributed by atoms with Gasteiger partial charge in [-0.25, -0.2) is 0 Å². The van der Waals surface area contributed by atoms with E-state index in [1.807, 2.05) is 19.1 Å². The molecule has 0 radical (unpaired) electrons. The molecule has 2 heterocycles. The Hall–Kier alpha value is -1.27. The molecule has 0 bridgehead atoms. The molecule has 1 amide bonds. The maximum atomic E-state index is 12.4. The van der Waals surface area contributed by atoms with Gasteiger partial charge < -0.3 is 15.1 Å². The van der Waals surface area contributed by atoms with Gasteiger partial charge in [-0.05, 0) is 63.3 Å². The summed E-state index contributed by atoms with van der Waals surface area (Å²) in [6, 6.07) is 8.21. The van der Waals surface area contributed by atoms with Crippen LogP contribution in [0.3, 0.4) is 0 Å². The summed E-state index contributed by atoms with van der Waals surface area (Å²) in [5, 5.41) is 2.83. The maximum Gasteiger partial charge on any atom is 0.237 e. The molecule has 2 saturated heterocycles. The number of hydrogen-bond acceptors (Lipinski definition) is 4. The highest BCUT2D eigenvalue weighted by atomic mass is 32.2. The highest BCUT2D eigenvalue weighted by molar-refractivity contribution is 8.23. The molecule has 1 unspecified atom stereocenters. The summed E-state index contributed by atoms with van der Waals surface area (Å²) >= 11 is 6.95. The average Bonchev–Trinajstić information content (AvgIpc) is 3.18. The number of anilines is 2. The first-order valence-electron chi connectivity index (χ1n) is 9.25. The van der Waals surface area contributed by atoms with Crippen LogP contribution in [0.25, 0.3) is 0 Å². The van der Waals surface area contributed by atoms with Crippen LogP contribution >= 0.6 is 24.0 Å². The van der Waals surface area contributed by atoms with E-state index in [1.165, 1.54) is 49.6 Å². The number of hydrogen-bond donors (Lipinski definition) is 1. The predicted molar refractivity (Wildman–Crippen MR) is 112 cm³/mol. The van der Waals surface area contributed by atoms with Gasteiger partial charge in [0.25, 0.3) is 0 Å². The minimum atomic E-state index is -0.185. The van der Waals surface area contributed by atoms with E-state index < -0.39 is 0 Å². The summed E-state index contributed by atoms with van der Waals surface area (Å²) in [5.41, 5.74) is 2.10. The first-order chi connectivity index (χ1) is 12.1. The molecule has 3 rings (SSSR count). The zero-order valence-corrected chi connectivity index (χ0v) is 16.5. The lowest BCUT2D eigenvalue weighted by Crippen LogP contribution is -2.30. The number of amides is 1. The third-order valence-electron chi connectivity index (χ3n) is 4.87. The third-order valence-corrected chi connectivity index (χ3v) is 6.44. The van der Waals surface area contributed by atoms with E-state index >= 15 is 0 Å². The molecule has 2 aliphatic heterocycles. The van der Waals surface area contributed by atoms with Crippen molar-refractivity contribution >= 4 is 45.6 Å². The van der Waals surface area contributed by atoms with E-state index in [0.29, 0.717) is 0 Å². The number of nitrogens with one attached hydrogen (secondary N) is 1. The highest BCUT2D eigenvalue weighted by Crippen LogP contribution is 2.24. The molecule has 1 aromatic rings. The Morgan fingerprint density at radius 1 is 1.04 bits per heavy atom. The molecule has 6 heteroatoms. The van der Waals surface area contributed by atoms with Crippen molar-refractivity contribution in [1.82, 2.24) is 4.90 Å². The summed E-state index contributed by atoms with van der Waals surface area (Å²) in [5.74, 6) is 0.0114. The topological polar surface area (TPSA) is 35.6 Å². The van der Waals surface area contributed by atoms with Crippen molar-refractivity contribution in [2.75, 3.05) is 36.4 Å². The summed E-state index contributed by atoms with van der Waals surface area (Å²) in [6.45, 7) is 6.24.